The number of unbranched alkanes of at least 4 members (excludes halogenated alkanes) is 1. The van der Waals surface area contributed by atoms with E-state index >= 15 is 0 Å². The first-order valence-electron chi connectivity index (χ1n) is 6.40. The Bertz CT molecular complexity index is 365. The van der Waals surface area contributed by atoms with Gasteiger partial charge in [0.1, 0.15) is 5.82 Å². The molecule has 0 aliphatic carbocycles. The van der Waals surface area contributed by atoms with Gasteiger partial charge in [-0.15, -0.1) is 0 Å². The van der Waals surface area contributed by atoms with Crippen molar-refractivity contribution in [3.63, 3.8) is 0 Å². The predicted molar refractivity (Wildman–Crippen MR) is 78.2 cm³/mol. The number of thiocarbonyl (C=S) groups is 1. The summed E-state index contributed by atoms with van der Waals surface area (Å²) in [5.41, 5.74) is 1.10. The largest absolute Gasteiger partial charge is 0.363 e. The Morgan fingerprint density at radius 1 is 1.33 bits per heavy atom. The van der Waals surface area contributed by atoms with Crippen molar-refractivity contribution in [1.29, 1.82) is 0 Å². The fourth-order valence-electron chi connectivity index (χ4n) is 1.68. The molecule has 1 aromatic carbocycles. The van der Waals surface area contributed by atoms with E-state index < -0.39 is 0 Å². The lowest BCUT2D eigenvalue weighted by molar-refractivity contribution is 0.621. The zero-order valence-corrected chi connectivity index (χ0v) is 11.8. The highest BCUT2D eigenvalue weighted by Crippen LogP contribution is 2.05. The maximum atomic E-state index is 12.8. The van der Waals surface area contributed by atoms with E-state index in [1.54, 1.807) is 12.1 Å². The summed E-state index contributed by atoms with van der Waals surface area (Å²) in [6.07, 6.45) is 3.10. The summed E-state index contributed by atoms with van der Waals surface area (Å²) in [6.45, 7) is 5.12. The minimum atomic E-state index is -0.198. The fourth-order valence-corrected chi connectivity index (χ4v) is 1.98. The van der Waals surface area contributed by atoms with Crippen molar-refractivity contribution in [2.45, 2.75) is 39.2 Å². The summed E-state index contributed by atoms with van der Waals surface area (Å²) in [5.74, 6) is -0.198. The molecule has 100 valence electrons. The highest BCUT2D eigenvalue weighted by Gasteiger charge is 2.05. The van der Waals surface area contributed by atoms with E-state index in [0.29, 0.717) is 5.11 Å². The van der Waals surface area contributed by atoms with Crippen molar-refractivity contribution in [2.24, 2.45) is 0 Å². The summed E-state index contributed by atoms with van der Waals surface area (Å²) >= 11 is 5.20. The molecule has 0 heterocycles. The van der Waals surface area contributed by atoms with Gasteiger partial charge in [-0.05, 0) is 49.7 Å². The van der Waals surface area contributed by atoms with Crippen LogP contribution in [0, 0.1) is 5.82 Å². The van der Waals surface area contributed by atoms with Gasteiger partial charge < -0.3 is 10.6 Å². The molecule has 0 fully saturated rings. The lowest BCUT2D eigenvalue weighted by Crippen LogP contribution is -2.41. The van der Waals surface area contributed by atoms with E-state index in [0.717, 1.165) is 31.4 Å². The van der Waals surface area contributed by atoms with E-state index in [1.807, 2.05) is 0 Å². The van der Waals surface area contributed by atoms with Crippen molar-refractivity contribution in [3.8, 4) is 0 Å². The first-order chi connectivity index (χ1) is 8.61. The number of nitrogens with one attached hydrogen (secondary N) is 2. The van der Waals surface area contributed by atoms with Crippen molar-refractivity contribution in [1.82, 2.24) is 10.6 Å². The first-order valence-corrected chi connectivity index (χ1v) is 6.81. The van der Waals surface area contributed by atoms with Gasteiger partial charge in [-0.3, -0.25) is 0 Å². The minimum absolute atomic E-state index is 0.198. The van der Waals surface area contributed by atoms with Crippen LogP contribution in [0.1, 0.15) is 32.3 Å². The molecule has 0 radical (unpaired) electrons. The lowest BCUT2D eigenvalue weighted by Gasteiger charge is -2.17. The van der Waals surface area contributed by atoms with Gasteiger partial charge in [0.25, 0.3) is 0 Å². The fraction of sp³-hybridized carbons (Fsp3) is 0.500. The van der Waals surface area contributed by atoms with Crippen molar-refractivity contribution in [3.05, 3.63) is 35.6 Å². The second kappa shape index (κ2) is 8.03. The van der Waals surface area contributed by atoms with Crippen LogP contribution >= 0.6 is 12.2 Å². The van der Waals surface area contributed by atoms with E-state index in [9.17, 15) is 4.39 Å². The van der Waals surface area contributed by atoms with Gasteiger partial charge >= 0.3 is 0 Å². The SMILES string of the molecule is CCCCNC(=S)NC(C)Cc1ccc(F)cc1. The average Bonchev–Trinajstić information content (AvgIpc) is 2.32. The van der Waals surface area contributed by atoms with Gasteiger partial charge in [0.05, 0.1) is 0 Å². The topological polar surface area (TPSA) is 24.1 Å². The Labute approximate surface area is 114 Å². The molecule has 0 saturated heterocycles. The molecule has 0 amide bonds. The molecule has 0 aromatic heterocycles. The zero-order valence-electron chi connectivity index (χ0n) is 11.0. The van der Waals surface area contributed by atoms with Crippen molar-refractivity contribution in [2.75, 3.05) is 6.54 Å². The Morgan fingerprint density at radius 3 is 2.61 bits per heavy atom. The second-order valence-corrected chi connectivity index (χ2v) is 4.89. The van der Waals surface area contributed by atoms with Crippen LogP contribution in [0.15, 0.2) is 24.3 Å². The number of halogens is 1. The summed E-state index contributed by atoms with van der Waals surface area (Å²) in [4.78, 5) is 0. The smallest absolute Gasteiger partial charge is 0.166 e. The molecule has 1 atom stereocenters. The monoisotopic (exact) mass is 268 g/mol. The van der Waals surface area contributed by atoms with E-state index in [-0.39, 0.29) is 11.9 Å². The highest BCUT2D eigenvalue weighted by atomic mass is 32.1. The molecule has 1 unspecified atom stereocenters. The minimum Gasteiger partial charge on any atom is -0.363 e. The van der Waals surface area contributed by atoms with Crippen LogP contribution in [0.4, 0.5) is 4.39 Å². The Hall–Kier alpha value is -1.16. The van der Waals surface area contributed by atoms with Crippen LogP contribution in [0.3, 0.4) is 0 Å². The standard InChI is InChI=1S/C14H21FN2S/c1-3-4-9-16-14(18)17-11(2)10-12-5-7-13(15)8-6-12/h5-8,11H,3-4,9-10H2,1-2H3,(H2,16,17,18). The molecular formula is C14H21FN2S. The summed E-state index contributed by atoms with van der Waals surface area (Å²) in [6, 6.07) is 6.82. The molecular weight excluding hydrogens is 247 g/mol. The number of rotatable bonds is 6. The van der Waals surface area contributed by atoms with Gasteiger partial charge in [0.15, 0.2) is 5.11 Å². The highest BCUT2D eigenvalue weighted by molar-refractivity contribution is 7.80. The summed E-state index contributed by atoms with van der Waals surface area (Å²) in [5, 5.41) is 7.09. The molecule has 0 saturated carbocycles. The normalized spacial score (nSPS) is 11.9. The Morgan fingerprint density at radius 2 is 2.00 bits per heavy atom. The molecule has 4 heteroatoms. The van der Waals surface area contributed by atoms with Crippen LogP contribution in [0.25, 0.3) is 0 Å². The van der Waals surface area contributed by atoms with Gasteiger partial charge in [-0.1, -0.05) is 25.5 Å². The molecule has 0 aliphatic heterocycles. The molecule has 1 aromatic rings. The Balaban J connectivity index is 2.30. The van der Waals surface area contributed by atoms with Crippen LogP contribution in [-0.2, 0) is 6.42 Å². The van der Waals surface area contributed by atoms with E-state index in [2.05, 4.69) is 24.5 Å². The molecule has 0 spiro atoms. The number of benzene rings is 1. The van der Waals surface area contributed by atoms with Gasteiger partial charge in [-0.2, -0.15) is 0 Å². The summed E-state index contributed by atoms with van der Waals surface area (Å²) < 4.78 is 12.8. The first kappa shape index (κ1) is 14.9. The van der Waals surface area contributed by atoms with E-state index in [4.69, 9.17) is 12.2 Å². The third-order valence-electron chi connectivity index (χ3n) is 2.65. The molecule has 2 nitrogen and oxygen atoms in total. The van der Waals surface area contributed by atoms with Crippen LogP contribution in [-0.4, -0.2) is 17.7 Å². The molecule has 0 bridgehead atoms. The summed E-state index contributed by atoms with van der Waals surface area (Å²) in [7, 11) is 0. The predicted octanol–water partition coefficient (Wildman–Crippen LogP) is 3.02. The zero-order chi connectivity index (χ0) is 13.4. The van der Waals surface area contributed by atoms with Crippen LogP contribution in [0.2, 0.25) is 0 Å². The molecule has 18 heavy (non-hydrogen) atoms. The molecule has 2 N–H and O–H groups in total. The second-order valence-electron chi connectivity index (χ2n) is 4.49. The third-order valence-corrected chi connectivity index (χ3v) is 2.91. The van der Waals surface area contributed by atoms with Crippen molar-refractivity contribution < 1.29 is 4.39 Å². The average molecular weight is 268 g/mol. The van der Waals surface area contributed by atoms with Crippen LogP contribution in [0.5, 0.6) is 0 Å². The van der Waals surface area contributed by atoms with Crippen LogP contribution < -0.4 is 10.6 Å². The maximum Gasteiger partial charge on any atom is 0.166 e. The van der Waals surface area contributed by atoms with Gasteiger partial charge in [0.2, 0.25) is 0 Å². The van der Waals surface area contributed by atoms with Gasteiger partial charge in [-0.25, -0.2) is 4.39 Å². The Kier molecular flexibility index (Phi) is 6.65. The van der Waals surface area contributed by atoms with Gasteiger partial charge in [0, 0.05) is 12.6 Å². The quantitative estimate of drug-likeness (QED) is 0.612. The van der Waals surface area contributed by atoms with E-state index in [1.165, 1.54) is 12.1 Å². The molecule has 1 rings (SSSR count). The lowest BCUT2D eigenvalue weighted by atomic mass is 10.1. The van der Waals surface area contributed by atoms with Crippen molar-refractivity contribution >= 4 is 17.3 Å². The molecule has 0 aliphatic rings. The maximum absolute atomic E-state index is 12.8. The third kappa shape index (κ3) is 5.96. The number of hydrogen-bond acceptors (Lipinski definition) is 1. The number of hydrogen-bond donors (Lipinski definition) is 2.